The van der Waals surface area contributed by atoms with E-state index in [1.807, 2.05) is 0 Å². The molecule has 15 heteroatoms. The van der Waals surface area contributed by atoms with Gasteiger partial charge in [0.05, 0.1) is 12.8 Å². The van der Waals surface area contributed by atoms with Crippen LogP contribution in [0.1, 0.15) is 45.4 Å². The van der Waals surface area contributed by atoms with Gasteiger partial charge in [0.1, 0.15) is 18.1 Å². The Hall–Kier alpha value is -3.91. The molecule has 10 N–H and O–H groups in total. The number of aliphatic carboxylic acids is 2. The number of guanidine groups is 1. The van der Waals surface area contributed by atoms with Crippen molar-refractivity contribution in [2.75, 3.05) is 13.6 Å². The number of nitrogens with two attached hydrogens (primary N) is 1. The van der Waals surface area contributed by atoms with Crippen LogP contribution in [0.5, 0.6) is 0 Å². The molecule has 0 radical (unpaired) electrons. The fraction of sp³-hybridized carbons (Fsp3) is 0.632. The second-order valence-corrected chi connectivity index (χ2v) is 7.29. The van der Waals surface area contributed by atoms with Gasteiger partial charge in [-0.15, -0.1) is 0 Å². The molecule has 15 nitrogen and oxygen atoms in total. The van der Waals surface area contributed by atoms with Gasteiger partial charge in [0.15, 0.2) is 5.96 Å². The van der Waals surface area contributed by atoms with Crippen molar-refractivity contribution < 1.29 is 39.0 Å². The Bertz CT molecular complexity index is 774. The van der Waals surface area contributed by atoms with Gasteiger partial charge in [0, 0.05) is 20.0 Å². The number of hydrogen-bond donors (Lipinski definition) is 9. The molecule has 0 spiro atoms. The number of likely N-dealkylation sites (N-methyl/N-ethyl adjacent to an activating group) is 1. The summed E-state index contributed by atoms with van der Waals surface area (Å²) in [6.07, 6.45) is -0.742. The van der Waals surface area contributed by atoms with Crippen molar-refractivity contribution in [1.29, 1.82) is 5.41 Å². The minimum absolute atomic E-state index is 0.0336. The molecule has 192 valence electrons. The number of nitrogens with one attached hydrogen (secondary N) is 6. The second kappa shape index (κ2) is 15.8. The number of carbonyl (C=O) groups is 6. The van der Waals surface area contributed by atoms with Crippen LogP contribution in [0.4, 0.5) is 0 Å². The highest BCUT2D eigenvalue weighted by molar-refractivity contribution is 5.96. The number of rotatable bonds is 16. The Morgan fingerprint density at radius 3 is 1.82 bits per heavy atom. The summed E-state index contributed by atoms with van der Waals surface area (Å²) in [6, 6.07) is -4.19. The molecule has 0 fully saturated rings. The van der Waals surface area contributed by atoms with Crippen LogP contribution in [-0.4, -0.2) is 83.5 Å². The van der Waals surface area contributed by atoms with E-state index in [0.717, 1.165) is 0 Å². The van der Waals surface area contributed by atoms with Crippen LogP contribution in [0.25, 0.3) is 0 Å². The first-order valence-electron chi connectivity index (χ1n) is 10.5. The zero-order valence-electron chi connectivity index (χ0n) is 19.1. The van der Waals surface area contributed by atoms with Gasteiger partial charge in [0.2, 0.25) is 23.6 Å². The van der Waals surface area contributed by atoms with Gasteiger partial charge in [0.25, 0.3) is 0 Å². The molecule has 0 aliphatic rings. The summed E-state index contributed by atoms with van der Waals surface area (Å²) >= 11 is 0. The molecule has 34 heavy (non-hydrogen) atoms. The second-order valence-electron chi connectivity index (χ2n) is 7.29. The van der Waals surface area contributed by atoms with E-state index in [2.05, 4.69) is 26.6 Å². The summed E-state index contributed by atoms with van der Waals surface area (Å²) in [5, 5.41) is 36.9. The third kappa shape index (κ3) is 12.8. The van der Waals surface area contributed by atoms with E-state index < -0.39 is 66.5 Å². The van der Waals surface area contributed by atoms with Crippen LogP contribution in [0.3, 0.4) is 0 Å². The van der Waals surface area contributed by atoms with Crippen molar-refractivity contribution in [3.05, 3.63) is 0 Å². The first kappa shape index (κ1) is 30.1. The first-order valence-corrected chi connectivity index (χ1v) is 10.5. The van der Waals surface area contributed by atoms with E-state index in [4.69, 9.17) is 21.4 Å². The zero-order chi connectivity index (χ0) is 26.3. The van der Waals surface area contributed by atoms with E-state index in [1.54, 1.807) is 6.92 Å². The van der Waals surface area contributed by atoms with Crippen molar-refractivity contribution in [1.82, 2.24) is 26.6 Å². The van der Waals surface area contributed by atoms with Crippen LogP contribution in [0, 0.1) is 5.41 Å². The minimum Gasteiger partial charge on any atom is -0.481 e. The predicted molar refractivity (Wildman–Crippen MR) is 118 cm³/mol. The third-order valence-corrected chi connectivity index (χ3v) is 4.38. The van der Waals surface area contributed by atoms with E-state index in [9.17, 15) is 28.8 Å². The summed E-state index contributed by atoms with van der Waals surface area (Å²) in [5.41, 5.74) is 5.20. The Morgan fingerprint density at radius 2 is 1.35 bits per heavy atom. The first-order chi connectivity index (χ1) is 15.9. The van der Waals surface area contributed by atoms with Crippen molar-refractivity contribution in [3.8, 4) is 0 Å². The largest absolute Gasteiger partial charge is 0.481 e. The average Bonchev–Trinajstić information content (AvgIpc) is 2.73. The minimum atomic E-state index is -1.46. The van der Waals surface area contributed by atoms with Crippen molar-refractivity contribution in [2.45, 2.75) is 63.6 Å². The van der Waals surface area contributed by atoms with Gasteiger partial charge in [-0.25, -0.2) is 0 Å². The molecule has 0 aliphatic heterocycles. The van der Waals surface area contributed by atoms with E-state index in [-0.39, 0.29) is 31.8 Å². The van der Waals surface area contributed by atoms with Crippen LogP contribution < -0.4 is 32.3 Å². The lowest BCUT2D eigenvalue weighted by molar-refractivity contribution is -0.141. The molecular formula is C19H33N7O8. The van der Waals surface area contributed by atoms with Crippen LogP contribution in [-0.2, 0) is 28.8 Å². The zero-order valence-corrected chi connectivity index (χ0v) is 19.1. The molecular weight excluding hydrogens is 454 g/mol. The summed E-state index contributed by atoms with van der Waals surface area (Å²) < 4.78 is 0. The molecule has 3 atom stereocenters. The van der Waals surface area contributed by atoms with Crippen molar-refractivity contribution in [3.63, 3.8) is 0 Å². The summed E-state index contributed by atoms with van der Waals surface area (Å²) in [5.74, 6) is -6.16. The van der Waals surface area contributed by atoms with E-state index in [0.29, 0.717) is 6.42 Å². The number of hydrogen-bond acceptors (Lipinski definition) is 7. The molecule has 0 saturated heterocycles. The molecule has 0 bridgehead atoms. The molecule has 0 rings (SSSR count). The fourth-order valence-corrected chi connectivity index (χ4v) is 2.78. The molecule has 0 saturated carbocycles. The topological polar surface area (TPSA) is 253 Å². The maximum absolute atomic E-state index is 12.8. The average molecular weight is 488 g/mol. The lowest BCUT2D eigenvalue weighted by Crippen LogP contribution is -2.57. The molecule has 0 heterocycles. The highest BCUT2D eigenvalue weighted by Gasteiger charge is 2.31. The summed E-state index contributed by atoms with van der Waals surface area (Å²) in [4.78, 5) is 71.5. The molecule has 0 aromatic rings. The Labute approximate surface area is 196 Å². The predicted octanol–water partition coefficient (Wildman–Crippen LogP) is -2.80. The van der Waals surface area contributed by atoms with Gasteiger partial charge in [-0.1, -0.05) is 6.92 Å². The quantitative estimate of drug-likeness (QED) is 0.0614. The van der Waals surface area contributed by atoms with Crippen LogP contribution in [0.2, 0.25) is 0 Å². The van der Waals surface area contributed by atoms with Gasteiger partial charge in [-0.3, -0.25) is 34.2 Å². The molecule has 0 aromatic heterocycles. The monoisotopic (exact) mass is 487 g/mol. The lowest BCUT2D eigenvalue weighted by atomic mass is 10.1. The van der Waals surface area contributed by atoms with Crippen molar-refractivity contribution in [2.24, 2.45) is 5.73 Å². The molecule has 0 unspecified atom stereocenters. The Morgan fingerprint density at radius 1 is 0.853 bits per heavy atom. The van der Waals surface area contributed by atoms with Gasteiger partial charge < -0.3 is 42.5 Å². The van der Waals surface area contributed by atoms with Crippen molar-refractivity contribution >= 4 is 41.5 Å². The SMILES string of the molecule is CCCC(=O)N[C@@H](CC(=O)O)C(=O)N[C@@H](CCCNC(=N)N)C(=O)N[C@@H](CC(=O)O)C(=O)NC. The number of carbonyl (C=O) groups excluding carboxylic acids is 4. The Kier molecular flexibility index (Phi) is 14.0. The number of carboxylic acids is 2. The number of amides is 4. The van der Waals surface area contributed by atoms with E-state index >= 15 is 0 Å². The Balaban J connectivity index is 5.58. The van der Waals surface area contributed by atoms with Crippen LogP contribution >= 0.6 is 0 Å². The van der Waals surface area contributed by atoms with Crippen LogP contribution in [0.15, 0.2) is 0 Å². The maximum Gasteiger partial charge on any atom is 0.305 e. The molecule has 0 aliphatic carbocycles. The molecule has 4 amide bonds. The van der Waals surface area contributed by atoms with E-state index in [1.165, 1.54) is 7.05 Å². The smallest absolute Gasteiger partial charge is 0.305 e. The fourth-order valence-electron chi connectivity index (χ4n) is 2.78. The van der Waals surface area contributed by atoms with Gasteiger partial charge in [-0.2, -0.15) is 0 Å². The van der Waals surface area contributed by atoms with Gasteiger partial charge in [-0.05, 0) is 19.3 Å². The normalized spacial score (nSPS) is 12.9. The standard InChI is InChI=1S/C19H33N7O8/c1-3-5-13(27)24-12(9-15(30)31)18(34)25-10(6-4-7-23-19(20)21)17(33)26-11(8-14(28)29)16(32)22-2/h10-12H,3-9H2,1-2H3,(H,22,32)(H,24,27)(H,25,34)(H,26,33)(H,28,29)(H,30,31)(H4,20,21,23)/t10-,11-,12-/m0/s1. The highest BCUT2D eigenvalue weighted by atomic mass is 16.4. The lowest BCUT2D eigenvalue weighted by Gasteiger charge is -2.24. The molecule has 0 aromatic carbocycles. The third-order valence-electron chi connectivity index (χ3n) is 4.38. The highest BCUT2D eigenvalue weighted by Crippen LogP contribution is 2.04. The maximum atomic E-state index is 12.8. The van der Waals surface area contributed by atoms with Gasteiger partial charge >= 0.3 is 11.9 Å². The summed E-state index contributed by atoms with van der Waals surface area (Å²) in [7, 11) is 1.26. The summed E-state index contributed by atoms with van der Waals surface area (Å²) in [6.45, 7) is 1.88. The number of carboxylic acid groups (broad SMARTS) is 2.